The summed E-state index contributed by atoms with van der Waals surface area (Å²) in [7, 11) is 0. The molecule has 0 saturated heterocycles. The molecule has 0 bridgehead atoms. The quantitative estimate of drug-likeness (QED) is 0.242. The van der Waals surface area contributed by atoms with Gasteiger partial charge in [-0.2, -0.15) is 0 Å². The van der Waals surface area contributed by atoms with Gasteiger partial charge >= 0.3 is 0 Å². The van der Waals surface area contributed by atoms with Gasteiger partial charge in [-0.3, -0.25) is 9.69 Å². The summed E-state index contributed by atoms with van der Waals surface area (Å²) in [4.78, 5) is 23.3. The molecule has 0 aliphatic rings. The first-order valence-corrected chi connectivity index (χ1v) is 11.5. The van der Waals surface area contributed by atoms with Crippen molar-refractivity contribution in [3.8, 4) is 0 Å². The van der Waals surface area contributed by atoms with Gasteiger partial charge in [-0.05, 0) is 30.3 Å². The summed E-state index contributed by atoms with van der Waals surface area (Å²) < 4.78 is 2.15. The van der Waals surface area contributed by atoms with Gasteiger partial charge in [0.2, 0.25) is 5.91 Å². The van der Waals surface area contributed by atoms with E-state index >= 15 is 0 Å². The number of rotatable bonds is 7. The molecule has 0 saturated carbocycles. The number of allylic oxidation sites excluding steroid dienone is 1. The molecule has 2 heterocycles. The van der Waals surface area contributed by atoms with Crippen LogP contribution in [0.1, 0.15) is 12.6 Å². The van der Waals surface area contributed by atoms with E-state index in [1.54, 1.807) is 28.8 Å². The highest BCUT2D eigenvalue weighted by molar-refractivity contribution is 7.98. The lowest BCUT2D eigenvalue weighted by Gasteiger charge is -2.18. The number of hydrogen-bond acceptors (Lipinski definition) is 5. The second kappa shape index (κ2) is 9.04. The third-order valence-electron chi connectivity index (χ3n) is 4.39. The van der Waals surface area contributed by atoms with Crippen LogP contribution in [0.3, 0.4) is 0 Å². The number of aromatic nitrogens is 3. The molecule has 152 valence electrons. The number of fused-ring (bicyclic) bond motifs is 1. The zero-order chi connectivity index (χ0) is 21.1. The minimum absolute atomic E-state index is 0.112. The maximum atomic E-state index is 12.3. The number of anilines is 2. The Morgan fingerprint density at radius 1 is 1.27 bits per heavy atom. The van der Waals surface area contributed by atoms with E-state index in [1.165, 1.54) is 18.3 Å². The first-order chi connectivity index (χ1) is 14.6. The summed E-state index contributed by atoms with van der Waals surface area (Å²) in [5, 5.41) is 4.10. The van der Waals surface area contributed by atoms with Crippen molar-refractivity contribution in [2.45, 2.75) is 24.4 Å². The molecule has 8 heteroatoms. The SMILES string of the molecule is C=CCn1c(SCc2csc(N(C(C)=O)c3cccc(Cl)c3)n2)nc2ccccc21. The molecule has 0 spiro atoms. The Morgan fingerprint density at radius 2 is 2.10 bits per heavy atom. The molecule has 5 nitrogen and oxygen atoms in total. The summed E-state index contributed by atoms with van der Waals surface area (Å²) in [6, 6.07) is 15.3. The Bertz CT molecular complexity index is 1220. The van der Waals surface area contributed by atoms with Crippen molar-refractivity contribution in [2.75, 3.05) is 4.90 Å². The fraction of sp³-hybridized carbons (Fsp3) is 0.136. The summed E-state index contributed by atoms with van der Waals surface area (Å²) >= 11 is 9.16. The van der Waals surface area contributed by atoms with Crippen LogP contribution in [0.15, 0.2) is 71.7 Å². The number of thiazole rings is 1. The van der Waals surface area contributed by atoms with Gasteiger partial charge in [0, 0.05) is 29.6 Å². The van der Waals surface area contributed by atoms with E-state index in [0.717, 1.165) is 21.9 Å². The topological polar surface area (TPSA) is 51.0 Å². The first-order valence-electron chi connectivity index (χ1n) is 9.26. The number of hydrogen-bond donors (Lipinski definition) is 0. The third kappa shape index (κ3) is 4.28. The van der Waals surface area contributed by atoms with Crippen molar-refractivity contribution in [3.05, 3.63) is 77.3 Å². The van der Waals surface area contributed by atoms with Crippen LogP contribution in [0.5, 0.6) is 0 Å². The summed E-state index contributed by atoms with van der Waals surface area (Å²) in [6.45, 7) is 6.08. The largest absolute Gasteiger partial charge is 0.315 e. The maximum Gasteiger partial charge on any atom is 0.230 e. The lowest BCUT2D eigenvalue weighted by molar-refractivity contribution is -0.115. The first kappa shape index (κ1) is 20.7. The van der Waals surface area contributed by atoms with Gasteiger partial charge in [-0.1, -0.05) is 47.6 Å². The zero-order valence-corrected chi connectivity index (χ0v) is 18.7. The Morgan fingerprint density at radius 3 is 2.87 bits per heavy atom. The lowest BCUT2D eigenvalue weighted by Crippen LogP contribution is -2.22. The van der Waals surface area contributed by atoms with Gasteiger partial charge in [0.15, 0.2) is 10.3 Å². The number of carbonyl (C=O) groups excluding carboxylic acids is 1. The van der Waals surface area contributed by atoms with Gasteiger partial charge in [0.25, 0.3) is 0 Å². The number of amides is 1. The van der Waals surface area contributed by atoms with Crippen molar-refractivity contribution in [1.82, 2.24) is 14.5 Å². The number of imidazole rings is 1. The van der Waals surface area contributed by atoms with E-state index in [0.29, 0.717) is 28.1 Å². The summed E-state index contributed by atoms with van der Waals surface area (Å²) in [5.74, 6) is 0.539. The van der Waals surface area contributed by atoms with E-state index in [9.17, 15) is 4.79 Å². The molecule has 1 amide bonds. The third-order valence-corrected chi connectivity index (χ3v) is 6.51. The minimum atomic E-state index is -0.112. The van der Waals surface area contributed by atoms with E-state index < -0.39 is 0 Å². The number of carbonyl (C=O) groups is 1. The Labute approximate surface area is 188 Å². The molecular weight excluding hydrogens is 436 g/mol. The van der Waals surface area contributed by atoms with Crippen molar-refractivity contribution < 1.29 is 4.79 Å². The molecule has 30 heavy (non-hydrogen) atoms. The smallest absolute Gasteiger partial charge is 0.230 e. The Kier molecular flexibility index (Phi) is 6.22. The van der Waals surface area contributed by atoms with Crippen molar-refractivity contribution >= 4 is 62.5 Å². The van der Waals surface area contributed by atoms with Gasteiger partial charge in [-0.15, -0.1) is 17.9 Å². The number of thioether (sulfide) groups is 1. The highest BCUT2D eigenvalue weighted by atomic mass is 35.5. The fourth-order valence-electron chi connectivity index (χ4n) is 3.12. The van der Waals surface area contributed by atoms with Crippen LogP contribution in [-0.2, 0) is 17.1 Å². The summed E-state index contributed by atoms with van der Waals surface area (Å²) in [6.07, 6.45) is 1.87. The number of benzene rings is 2. The number of nitrogens with zero attached hydrogens (tertiary/aromatic N) is 4. The molecule has 0 aliphatic heterocycles. The van der Waals surface area contributed by atoms with Gasteiger partial charge in [0.1, 0.15) is 0 Å². The predicted molar refractivity (Wildman–Crippen MR) is 126 cm³/mol. The van der Waals surface area contributed by atoms with Gasteiger partial charge < -0.3 is 4.57 Å². The van der Waals surface area contributed by atoms with Crippen molar-refractivity contribution in [3.63, 3.8) is 0 Å². The molecule has 2 aromatic heterocycles. The van der Waals surface area contributed by atoms with E-state index in [1.807, 2.05) is 41.8 Å². The average molecular weight is 455 g/mol. The highest BCUT2D eigenvalue weighted by Crippen LogP contribution is 2.33. The average Bonchev–Trinajstić information content (AvgIpc) is 3.32. The van der Waals surface area contributed by atoms with Crippen LogP contribution >= 0.6 is 34.7 Å². The molecule has 0 N–H and O–H groups in total. The molecule has 0 atom stereocenters. The van der Waals surface area contributed by atoms with Gasteiger partial charge in [0.05, 0.1) is 22.4 Å². The van der Waals surface area contributed by atoms with Crippen molar-refractivity contribution in [2.24, 2.45) is 0 Å². The molecule has 2 aromatic carbocycles. The van der Waals surface area contributed by atoms with Gasteiger partial charge in [-0.25, -0.2) is 9.97 Å². The van der Waals surface area contributed by atoms with Crippen LogP contribution < -0.4 is 4.90 Å². The molecule has 0 fully saturated rings. The second-order valence-electron chi connectivity index (χ2n) is 6.53. The maximum absolute atomic E-state index is 12.3. The minimum Gasteiger partial charge on any atom is -0.315 e. The van der Waals surface area contributed by atoms with Crippen LogP contribution in [0.25, 0.3) is 11.0 Å². The lowest BCUT2D eigenvalue weighted by atomic mass is 10.3. The van der Waals surface area contributed by atoms with Crippen molar-refractivity contribution in [1.29, 1.82) is 0 Å². The van der Waals surface area contributed by atoms with Crippen LogP contribution in [0, 0.1) is 0 Å². The monoisotopic (exact) mass is 454 g/mol. The molecule has 0 radical (unpaired) electrons. The zero-order valence-electron chi connectivity index (χ0n) is 16.3. The van der Waals surface area contributed by atoms with E-state index in [2.05, 4.69) is 22.2 Å². The highest BCUT2D eigenvalue weighted by Gasteiger charge is 2.19. The molecule has 0 aliphatic carbocycles. The van der Waals surface area contributed by atoms with Crippen LogP contribution in [-0.4, -0.2) is 20.4 Å². The molecule has 0 unspecified atom stereocenters. The Balaban J connectivity index is 1.56. The fourth-order valence-corrected chi connectivity index (χ4v) is 5.21. The van der Waals surface area contributed by atoms with Crippen LogP contribution in [0.4, 0.5) is 10.8 Å². The second-order valence-corrected chi connectivity index (χ2v) is 8.74. The van der Waals surface area contributed by atoms with E-state index in [-0.39, 0.29) is 5.91 Å². The molecular formula is C22H19ClN4OS2. The van der Waals surface area contributed by atoms with Crippen LogP contribution in [0.2, 0.25) is 5.02 Å². The standard InChI is InChI=1S/C22H19ClN4OS2/c1-3-11-26-20-10-5-4-9-19(20)25-21(26)29-13-17-14-30-22(24-17)27(15(2)28)18-8-6-7-16(23)12-18/h3-10,12,14H,1,11,13H2,2H3. The molecule has 4 aromatic rings. The summed E-state index contributed by atoms with van der Waals surface area (Å²) in [5.41, 5.74) is 3.65. The number of halogens is 1. The normalized spacial score (nSPS) is 11.0. The Hall–Kier alpha value is -2.61. The predicted octanol–water partition coefficient (Wildman–Crippen LogP) is 6.31. The number of para-hydroxylation sites is 2. The molecule has 4 rings (SSSR count). The van der Waals surface area contributed by atoms with E-state index in [4.69, 9.17) is 16.6 Å².